The number of likely N-dealkylation sites (tertiary alicyclic amines) is 1. The van der Waals surface area contributed by atoms with Crippen molar-refractivity contribution in [3.63, 3.8) is 0 Å². The minimum atomic E-state index is -0.286. The van der Waals surface area contributed by atoms with Crippen molar-refractivity contribution < 1.29 is 14.6 Å². The number of rotatable bonds is 3. The lowest BCUT2D eigenvalue weighted by molar-refractivity contribution is 0.0320. The van der Waals surface area contributed by atoms with E-state index in [1.54, 1.807) is 0 Å². The maximum Gasteiger partial charge on any atom is 0.124 e. The van der Waals surface area contributed by atoms with Crippen LogP contribution in [0.4, 0.5) is 4.39 Å². The van der Waals surface area contributed by atoms with Gasteiger partial charge in [-0.3, -0.25) is 4.90 Å². The van der Waals surface area contributed by atoms with E-state index in [4.69, 9.17) is 5.11 Å². The van der Waals surface area contributed by atoms with E-state index in [1.165, 1.54) is 12.1 Å². The monoisotopic (exact) mass is 291 g/mol. The van der Waals surface area contributed by atoms with E-state index >= 15 is 0 Å². The molecule has 2 N–H and O–H groups in total. The zero-order chi connectivity index (χ0) is 15.2. The average molecular weight is 291 g/mol. The number of aliphatic hydroxyl groups excluding tert-OH is 2. The lowest BCUT2D eigenvalue weighted by Crippen LogP contribution is -2.41. The Morgan fingerprint density at radius 2 is 2.19 bits per heavy atom. The van der Waals surface area contributed by atoms with Gasteiger partial charge in [-0.2, -0.15) is 0 Å². The van der Waals surface area contributed by atoms with Crippen LogP contribution in [0.1, 0.15) is 30.9 Å². The maximum absolute atomic E-state index is 13.7. The first kappa shape index (κ1) is 16.0. The molecule has 0 spiro atoms. The zero-order valence-corrected chi connectivity index (χ0v) is 12.3. The summed E-state index contributed by atoms with van der Waals surface area (Å²) in [6, 6.07) is 4.84. The van der Waals surface area contributed by atoms with Gasteiger partial charge in [0.1, 0.15) is 5.82 Å². The van der Waals surface area contributed by atoms with Crippen LogP contribution in [0.5, 0.6) is 0 Å². The summed E-state index contributed by atoms with van der Waals surface area (Å²) in [6.45, 7) is 4.37. The Morgan fingerprint density at radius 1 is 1.38 bits per heavy atom. The minimum Gasteiger partial charge on any atom is -0.395 e. The van der Waals surface area contributed by atoms with E-state index in [0.717, 1.165) is 25.1 Å². The Balaban J connectivity index is 2.05. The SMILES string of the molecule is CC1CN(Cc2cc(F)cc(C#CCCO)c2)CCC1O. The molecule has 114 valence electrons. The van der Waals surface area contributed by atoms with Crippen LogP contribution in [-0.2, 0) is 6.54 Å². The van der Waals surface area contributed by atoms with Crippen molar-refractivity contribution in [2.75, 3.05) is 19.7 Å². The fourth-order valence-corrected chi connectivity index (χ4v) is 2.66. The van der Waals surface area contributed by atoms with Gasteiger partial charge in [0.15, 0.2) is 0 Å². The summed E-state index contributed by atoms with van der Waals surface area (Å²) in [7, 11) is 0. The fraction of sp³-hybridized carbons (Fsp3) is 0.529. The number of halogens is 1. The van der Waals surface area contributed by atoms with Crippen LogP contribution < -0.4 is 0 Å². The molecule has 0 aliphatic carbocycles. The first-order valence-corrected chi connectivity index (χ1v) is 7.38. The van der Waals surface area contributed by atoms with Gasteiger partial charge in [-0.15, -0.1) is 0 Å². The molecule has 2 rings (SSSR count). The summed E-state index contributed by atoms with van der Waals surface area (Å²) in [6.07, 6.45) is 0.932. The van der Waals surface area contributed by atoms with Gasteiger partial charge in [-0.1, -0.05) is 18.8 Å². The summed E-state index contributed by atoms with van der Waals surface area (Å²) >= 11 is 0. The molecule has 0 radical (unpaired) electrons. The molecule has 2 atom stereocenters. The molecule has 2 unspecified atom stereocenters. The van der Waals surface area contributed by atoms with Gasteiger partial charge in [0.25, 0.3) is 0 Å². The summed E-state index contributed by atoms with van der Waals surface area (Å²) in [5.41, 5.74) is 1.54. The van der Waals surface area contributed by atoms with E-state index < -0.39 is 0 Å². The lowest BCUT2D eigenvalue weighted by atomic mass is 9.96. The number of aliphatic hydroxyl groups is 2. The molecule has 3 nitrogen and oxygen atoms in total. The van der Waals surface area contributed by atoms with Gasteiger partial charge in [-0.25, -0.2) is 4.39 Å². The Hall–Kier alpha value is -1.41. The second-order valence-electron chi connectivity index (χ2n) is 5.69. The average Bonchev–Trinajstić information content (AvgIpc) is 2.43. The van der Waals surface area contributed by atoms with Crippen molar-refractivity contribution in [2.24, 2.45) is 5.92 Å². The topological polar surface area (TPSA) is 43.7 Å². The molecule has 1 aromatic carbocycles. The molecule has 4 heteroatoms. The highest BCUT2D eigenvalue weighted by Gasteiger charge is 2.24. The van der Waals surface area contributed by atoms with Gasteiger partial charge in [0, 0.05) is 31.6 Å². The molecular formula is C17H22FNO2. The van der Waals surface area contributed by atoms with E-state index in [9.17, 15) is 9.50 Å². The Labute approximate surface area is 125 Å². The highest BCUT2D eigenvalue weighted by atomic mass is 19.1. The third kappa shape index (κ3) is 4.82. The molecule has 1 saturated heterocycles. The second-order valence-corrected chi connectivity index (χ2v) is 5.69. The quantitative estimate of drug-likeness (QED) is 0.834. The van der Waals surface area contributed by atoms with Gasteiger partial charge < -0.3 is 10.2 Å². The van der Waals surface area contributed by atoms with E-state index in [1.807, 2.05) is 13.0 Å². The first-order chi connectivity index (χ1) is 10.1. The molecule has 1 heterocycles. The summed E-state index contributed by atoms with van der Waals surface area (Å²) in [5, 5.41) is 18.5. The van der Waals surface area contributed by atoms with Crippen LogP contribution in [0.15, 0.2) is 18.2 Å². The molecule has 0 bridgehead atoms. The standard InChI is InChI=1S/C17H22FNO2/c1-13-11-19(6-5-17(13)21)12-15-8-14(4-2-3-7-20)9-16(18)10-15/h8-10,13,17,20-21H,3,5-7,11-12H2,1H3. The van der Waals surface area contributed by atoms with Gasteiger partial charge in [0.05, 0.1) is 12.7 Å². The van der Waals surface area contributed by atoms with Crippen LogP contribution in [0, 0.1) is 23.6 Å². The highest BCUT2D eigenvalue weighted by molar-refractivity contribution is 5.37. The van der Waals surface area contributed by atoms with Crippen LogP contribution in [0.3, 0.4) is 0 Å². The van der Waals surface area contributed by atoms with E-state index in [0.29, 0.717) is 18.5 Å². The maximum atomic E-state index is 13.7. The predicted molar refractivity (Wildman–Crippen MR) is 80.0 cm³/mol. The number of nitrogens with zero attached hydrogens (tertiary/aromatic N) is 1. The van der Waals surface area contributed by atoms with Crippen LogP contribution in [0.2, 0.25) is 0 Å². The van der Waals surface area contributed by atoms with Crippen molar-refractivity contribution in [2.45, 2.75) is 32.4 Å². The summed E-state index contributed by atoms with van der Waals surface area (Å²) in [4.78, 5) is 2.23. The van der Waals surface area contributed by atoms with Crippen molar-refractivity contribution in [3.05, 3.63) is 35.1 Å². The molecule has 0 amide bonds. The molecule has 21 heavy (non-hydrogen) atoms. The predicted octanol–water partition coefficient (Wildman–Crippen LogP) is 1.76. The van der Waals surface area contributed by atoms with Crippen LogP contribution in [0.25, 0.3) is 0 Å². The lowest BCUT2D eigenvalue weighted by Gasteiger charge is -2.34. The summed E-state index contributed by atoms with van der Waals surface area (Å²) in [5.74, 6) is 5.64. The zero-order valence-electron chi connectivity index (χ0n) is 12.3. The normalized spacial score (nSPS) is 22.7. The molecule has 1 aromatic rings. The second kappa shape index (κ2) is 7.56. The van der Waals surface area contributed by atoms with Gasteiger partial charge in [-0.05, 0) is 36.1 Å². The molecule has 1 aliphatic heterocycles. The van der Waals surface area contributed by atoms with Gasteiger partial charge >= 0.3 is 0 Å². The van der Waals surface area contributed by atoms with Gasteiger partial charge in [0.2, 0.25) is 0 Å². The smallest absolute Gasteiger partial charge is 0.124 e. The molecule has 0 aromatic heterocycles. The Bertz CT molecular complexity index is 535. The molecule has 0 saturated carbocycles. The minimum absolute atomic E-state index is 0.0170. The fourth-order valence-electron chi connectivity index (χ4n) is 2.66. The molecule has 1 aliphatic rings. The van der Waals surface area contributed by atoms with Crippen LogP contribution >= 0.6 is 0 Å². The summed E-state index contributed by atoms with van der Waals surface area (Å²) < 4.78 is 13.7. The van der Waals surface area contributed by atoms with Crippen molar-refractivity contribution >= 4 is 0 Å². The molecule has 1 fully saturated rings. The van der Waals surface area contributed by atoms with E-state index in [-0.39, 0.29) is 24.4 Å². The van der Waals surface area contributed by atoms with Crippen molar-refractivity contribution in [1.29, 1.82) is 0 Å². The largest absolute Gasteiger partial charge is 0.395 e. The van der Waals surface area contributed by atoms with Crippen molar-refractivity contribution in [3.8, 4) is 11.8 Å². The highest BCUT2D eigenvalue weighted by Crippen LogP contribution is 2.19. The molecular weight excluding hydrogens is 269 g/mol. The number of piperidine rings is 1. The number of hydrogen-bond donors (Lipinski definition) is 2. The van der Waals surface area contributed by atoms with Crippen LogP contribution in [-0.4, -0.2) is 40.9 Å². The third-order valence-corrected chi connectivity index (χ3v) is 3.78. The Kier molecular flexibility index (Phi) is 5.75. The van der Waals surface area contributed by atoms with E-state index in [2.05, 4.69) is 16.7 Å². The number of benzene rings is 1. The first-order valence-electron chi connectivity index (χ1n) is 7.38. The van der Waals surface area contributed by atoms with Crippen molar-refractivity contribution in [1.82, 2.24) is 4.90 Å². The Morgan fingerprint density at radius 3 is 2.90 bits per heavy atom. The number of hydrogen-bond acceptors (Lipinski definition) is 3. The third-order valence-electron chi connectivity index (χ3n) is 3.78.